The van der Waals surface area contributed by atoms with E-state index in [4.69, 9.17) is 4.74 Å². The highest BCUT2D eigenvalue weighted by molar-refractivity contribution is 5.92. The summed E-state index contributed by atoms with van der Waals surface area (Å²) in [7, 11) is 1.92. The van der Waals surface area contributed by atoms with Crippen LogP contribution in [0, 0.1) is 5.92 Å². The van der Waals surface area contributed by atoms with Crippen LogP contribution in [0.5, 0.6) is 5.75 Å². The molecule has 0 bridgehead atoms. The van der Waals surface area contributed by atoms with Gasteiger partial charge in [0.05, 0.1) is 19.3 Å². The highest BCUT2D eigenvalue weighted by Gasteiger charge is 2.26. The third-order valence-electron chi connectivity index (χ3n) is 4.03. The average molecular weight is 306 g/mol. The van der Waals surface area contributed by atoms with Crippen LogP contribution in [-0.4, -0.2) is 48.8 Å². The molecule has 0 radical (unpaired) electrons. The Kier molecular flexibility index (Phi) is 6.21. The van der Waals surface area contributed by atoms with E-state index in [2.05, 4.69) is 5.32 Å². The van der Waals surface area contributed by atoms with Crippen LogP contribution in [0.15, 0.2) is 24.3 Å². The molecule has 0 heterocycles. The zero-order chi connectivity index (χ0) is 15.9. The summed E-state index contributed by atoms with van der Waals surface area (Å²) in [4.78, 5) is 14.0. The van der Waals surface area contributed by atoms with Gasteiger partial charge in [0.15, 0.2) is 0 Å². The second-order valence-corrected chi connectivity index (χ2v) is 5.96. The molecule has 1 aliphatic carbocycles. The number of nitrogens with one attached hydrogen (secondary N) is 1. The summed E-state index contributed by atoms with van der Waals surface area (Å²) in [5.74, 6) is 1.05. The third-order valence-corrected chi connectivity index (χ3v) is 4.03. The van der Waals surface area contributed by atoms with Gasteiger partial charge in [0.1, 0.15) is 5.75 Å². The molecule has 0 spiro atoms. The van der Waals surface area contributed by atoms with E-state index < -0.39 is 0 Å². The summed E-state index contributed by atoms with van der Waals surface area (Å²) in [5.41, 5.74) is 0.766. The molecular formula is C17H26N2O3. The second-order valence-electron chi connectivity index (χ2n) is 5.96. The van der Waals surface area contributed by atoms with E-state index in [1.54, 1.807) is 0 Å². The Bertz CT molecular complexity index is 475. The van der Waals surface area contributed by atoms with Crippen LogP contribution in [-0.2, 0) is 4.79 Å². The van der Waals surface area contributed by atoms with Crippen molar-refractivity contribution in [2.45, 2.75) is 32.3 Å². The summed E-state index contributed by atoms with van der Waals surface area (Å²) in [6.45, 7) is 3.66. The van der Waals surface area contributed by atoms with Crippen LogP contribution in [0.2, 0.25) is 0 Å². The molecule has 0 saturated heterocycles. The van der Waals surface area contributed by atoms with E-state index in [1.165, 1.54) is 0 Å². The Labute approximate surface area is 132 Å². The first-order valence-electron chi connectivity index (χ1n) is 7.97. The molecule has 1 fully saturated rings. The van der Waals surface area contributed by atoms with E-state index in [9.17, 15) is 9.90 Å². The van der Waals surface area contributed by atoms with E-state index >= 15 is 0 Å². The van der Waals surface area contributed by atoms with Crippen molar-refractivity contribution in [3.05, 3.63) is 24.3 Å². The minimum absolute atomic E-state index is 0.0425. The number of hydrogen-bond donors (Lipinski definition) is 2. The van der Waals surface area contributed by atoms with Crippen LogP contribution >= 0.6 is 0 Å². The molecule has 5 nitrogen and oxygen atoms in total. The number of aliphatic hydroxyl groups is 1. The van der Waals surface area contributed by atoms with Crippen LogP contribution in [0.1, 0.15) is 26.2 Å². The number of aliphatic hydroxyl groups excluding tert-OH is 1. The van der Waals surface area contributed by atoms with Crippen molar-refractivity contribution < 1.29 is 14.6 Å². The number of rotatable bonds is 7. The molecule has 2 N–H and O–H groups in total. The molecule has 2 atom stereocenters. The van der Waals surface area contributed by atoms with Gasteiger partial charge in [0.25, 0.3) is 0 Å². The molecular weight excluding hydrogens is 280 g/mol. The molecule has 122 valence electrons. The predicted octanol–water partition coefficient (Wildman–Crippen LogP) is 2.12. The van der Waals surface area contributed by atoms with Gasteiger partial charge in [0, 0.05) is 12.2 Å². The van der Waals surface area contributed by atoms with Gasteiger partial charge in [-0.3, -0.25) is 9.69 Å². The van der Waals surface area contributed by atoms with Gasteiger partial charge in [-0.2, -0.15) is 0 Å². The van der Waals surface area contributed by atoms with Crippen molar-refractivity contribution in [1.29, 1.82) is 0 Å². The number of benzene rings is 1. The summed E-state index contributed by atoms with van der Waals surface area (Å²) < 4.78 is 5.37. The lowest BCUT2D eigenvalue weighted by Gasteiger charge is -2.22. The maximum absolute atomic E-state index is 12.0. The van der Waals surface area contributed by atoms with E-state index in [-0.39, 0.29) is 12.0 Å². The summed E-state index contributed by atoms with van der Waals surface area (Å²) in [5, 5.41) is 12.7. The second kappa shape index (κ2) is 8.15. The van der Waals surface area contributed by atoms with Gasteiger partial charge < -0.3 is 15.2 Å². The number of carbonyl (C=O) groups excluding carboxylic acids is 1. The van der Waals surface area contributed by atoms with Gasteiger partial charge in [-0.05, 0) is 57.0 Å². The zero-order valence-corrected chi connectivity index (χ0v) is 13.4. The Morgan fingerprint density at radius 1 is 1.36 bits per heavy atom. The largest absolute Gasteiger partial charge is 0.494 e. The molecule has 1 saturated carbocycles. The number of hydrogen-bond acceptors (Lipinski definition) is 4. The molecule has 2 unspecified atom stereocenters. The fourth-order valence-corrected chi connectivity index (χ4v) is 2.94. The molecule has 22 heavy (non-hydrogen) atoms. The first-order valence-corrected chi connectivity index (χ1v) is 7.97. The molecule has 1 amide bonds. The fraction of sp³-hybridized carbons (Fsp3) is 0.588. The van der Waals surface area contributed by atoms with Gasteiger partial charge >= 0.3 is 0 Å². The Morgan fingerprint density at radius 3 is 2.68 bits per heavy atom. The number of nitrogens with zero attached hydrogens (tertiary/aromatic N) is 1. The third kappa shape index (κ3) is 5.00. The van der Waals surface area contributed by atoms with Crippen molar-refractivity contribution in [1.82, 2.24) is 4.90 Å². The van der Waals surface area contributed by atoms with Crippen molar-refractivity contribution in [2.24, 2.45) is 5.92 Å². The molecule has 1 aromatic carbocycles. The topological polar surface area (TPSA) is 61.8 Å². The van der Waals surface area contributed by atoms with Gasteiger partial charge in [-0.25, -0.2) is 0 Å². The normalized spacial score (nSPS) is 21.1. The van der Waals surface area contributed by atoms with Crippen LogP contribution < -0.4 is 10.1 Å². The van der Waals surface area contributed by atoms with Crippen LogP contribution in [0.25, 0.3) is 0 Å². The van der Waals surface area contributed by atoms with Crippen molar-refractivity contribution in [3.63, 3.8) is 0 Å². The molecule has 0 aliphatic heterocycles. The number of amides is 1. The van der Waals surface area contributed by atoms with E-state index in [0.717, 1.165) is 37.2 Å². The van der Waals surface area contributed by atoms with Crippen molar-refractivity contribution in [2.75, 3.05) is 32.1 Å². The molecule has 1 aliphatic rings. The SMILES string of the molecule is CCOc1ccc(NC(=O)CN(C)CC2CCCC2O)cc1. The van der Waals surface area contributed by atoms with Crippen LogP contribution in [0.3, 0.4) is 0 Å². The quantitative estimate of drug-likeness (QED) is 0.810. The van der Waals surface area contributed by atoms with Crippen molar-refractivity contribution in [3.8, 4) is 5.75 Å². The maximum atomic E-state index is 12.0. The van der Waals surface area contributed by atoms with Gasteiger partial charge in [-0.15, -0.1) is 0 Å². The lowest BCUT2D eigenvalue weighted by atomic mass is 10.1. The number of likely N-dealkylation sites (N-methyl/N-ethyl adjacent to an activating group) is 1. The average Bonchev–Trinajstić information content (AvgIpc) is 2.86. The first-order chi connectivity index (χ1) is 10.6. The predicted molar refractivity (Wildman–Crippen MR) is 87.1 cm³/mol. The highest BCUT2D eigenvalue weighted by atomic mass is 16.5. The Hall–Kier alpha value is -1.59. The lowest BCUT2D eigenvalue weighted by molar-refractivity contribution is -0.117. The Balaban J connectivity index is 1.76. The number of anilines is 1. The molecule has 1 aromatic rings. The smallest absolute Gasteiger partial charge is 0.238 e. The minimum Gasteiger partial charge on any atom is -0.494 e. The Morgan fingerprint density at radius 2 is 2.09 bits per heavy atom. The van der Waals surface area contributed by atoms with E-state index in [0.29, 0.717) is 19.1 Å². The summed E-state index contributed by atoms with van der Waals surface area (Å²) in [6.07, 6.45) is 2.80. The van der Waals surface area contributed by atoms with Crippen molar-refractivity contribution >= 4 is 11.6 Å². The van der Waals surface area contributed by atoms with Crippen LogP contribution in [0.4, 0.5) is 5.69 Å². The summed E-state index contributed by atoms with van der Waals surface area (Å²) >= 11 is 0. The fourth-order valence-electron chi connectivity index (χ4n) is 2.94. The first kappa shape index (κ1) is 16.8. The van der Waals surface area contributed by atoms with Gasteiger partial charge in [-0.1, -0.05) is 6.42 Å². The monoisotopic (exact) mass is 306 g/mol. The standard InChI is InChI=1S/C17H26N2O3/c1-3-22-15-9-7-14(8-10-15)18-17(21)12-19(2)11-13-5-4-6-16(13)20/h7-10,13,16,20H,3-6,11-12H2,1-2H3,(H,18,21). The number of carbonyl (C=O) groups is 1. The molecule has 0 aromatic heterocycles. The molecule has 5 heteroatoms. The maximum Gasteiger partial charge on any atom is 0.238 e. The zero-order valence-electron chi connectivity index (χ0n) is 13.4. The molecule has 2 rings (SSSR count). The lowest BCUT2D eigenvalue weighted by Crippen LogP contribution is -2.35. The highest BCUT2D eigenvalue weighted by Crippen LogP contribution is 2.25. The van der Waals surface area contributed by atoms with Gasteiger partial charge in [0.2, 0.25) is 5.91 Å². The number of ether oxygens (including phenoxy) is 1. The summed E-state index contributed by atoms with van der Waals surface area (Å²) in [6, 6.07) is 7.36. The van der Waals surface area contributed by atoms with E-state index in [1.807, 2.05) is 43.1 Å². The minimum atomic E-state index is -0.211.